The molecule has 4 heteroatoms. The van der Waals surface area contributed by atoms with Gasteiger partial charge in [-0.25, -0.2) is 0 Å². The predicted octanol–water partition coefficient (Wildman–Crippen LogP) is 4.69. The lowest BCUT2D eigenvalue weighted by Crippen LogP contribution is -2.54. The lowest BCUT2D eigenvalue weighted by atomic mass is 9.93. The van der Waals surface area contributed by atoms with E-state index in [1.54, 1.807) is 0 Å². The Kier molecular flexibility index (Phi) is 4.30. The molecule has 0 amide bonds. The Morgan fingerprint density at radius 1 is 1.00 bits per heavy atom. The van der Waals surface area contributed by atoms with E-state index in [-0.39, 0.29) is 11.1 Å². The van der Waals surface area contributed by atoms with Crippen LogP contribution in [0.3, 0.4) is 0 Å². The van der Waals surface area contributed by atoms with E-state index in [0.717, 1.165) is 25.2 Å². The van der Waals surface area contributed by atoms with Crippen molar-refractivity contribution in [3.8, 4) is 0 Å². The minimum absolute atomic E-state index is 0.103. The Morgan fingerprint density at radius 2 is 1.65 bits per heavy atom. The van der Waals surface area contributed by atoms with Crippen LogP contribution in [0.5, 0.6) is 0 Å². The van der Waals surface area contributed by atoms with Gasteiger partial charge in [0.05, 0.1) is 10.0 Å². The number of halogens is 2. The van der Waals surface area contributed by atoms with Crippen LogP contribution in [0.2, 0.25) is 10.0 Å². The average molecular weight is 315 g/mol. The maximum Gasteiger partial charge on any atom is 0.0612 e. The molecule has 1 aromatic rings. The Morgan fingerprint density at radius 3 is 2.25 bits per heavy atom. The SMILES string of the molecule is CN1C(C)(C)CCN(c2ccc(Cl)c(Cl)c2)CC1(C)C. The molecule has 0 radical (unpaired) electrons. The quantitative estimate of drug-likeness (QED) is 0.741. The summed E-state index contributed by atoms with van der Waals surface area (Å²) in [6.07, 6.45) is 1.12. The van der Waals surface area contributed by atoms with Gasteiger partial charge in [0.25, 0.3) is 0 Å². The van der Waals surface area contributed by atoms with Gasteiger partial charge in [0, 0.05) is 29.9 Å². The normalized spacial score (nSPS) is 22.6. The van der Waals surface area contributed by atoms with Crippen molar-refractivity contribution in [3.63, 3.8) is 0 Å². The first-order chi connectivity index (χ1) is 9.13. The Labute approximate surface area is 132 Å². The second kappa shape index (κ2) is 5.40. The number of likely N-dealkylation sites (N-methyl/N-ethyl adjacent to an activating group) is 1. The fourth-order valence-corrected chi connectivity index (χ4v) is 3.24. The molecule has 0 saturated carbocycles. The molecule has 0 N–H and O–H groups in total. The molecule has 1 aromatic carbocycles. The van der Waals surface area contributed by atoms with Gasteiger partial charge in [-0.2, -0.15) is 0 Å². The molecule has 0 spiro atoms. The summed E-state index contributed by atoms with van der Waals surface area (Å²) in [6, 6.07) is 5.91. The van der Waals surface area contributed by atoms with E-state index >= 15 is 0 Å². The molecule has 0 aromatic heterocycles. The van der Waals surface area contributed by atoms with Gasteiger partial charge < -0.3 is 4.90 Å². The van der Waals surface area contributed by atoms with Gasteiger partial charge in [0.15, 0.2) is 0 Å². The maximum absolute atomic E-state index is 6.16. The van der Waals surface area contributed by atoms with Crippen molar-refractivity contribution in [1.82, 2.24) is 4.90 Å². The lowest BCUT2D eigenvalue weighted by molar-refractivity contribution is 0.0590. The topological polar surface area (TPSA) is 6.48 Å². The van der Waals surface area contributed by atoms with Crippen LogP contribution in [0.15, 0.2) is 18.2 Å². The molecule has 0 atom stereocenters. The highest BCUT2D eigenvalue weighted by Gasteiger charge is 2.39. The van der Waals surface area contributed by atoms with Crippen LogP contribution >= 0.6 is 23.2 Å². The molecule has 2 rings (SSSR count). The number of hydrogen-bond acceptors (Lipinski definition) is 2. The van der Waals surface area contributed by atoms with Crippen LogP contribution in [-0.2, 0) is 0 Å². The third-order valence-electron chi connectivity index (χ3n) is 4.66. The summed E-state index contributed by atoms with van der Waals surface area (Å²) in [7, 11) is 2.22. The van der Waals surface area contributed by atoms with Crippen LogP contribution in [0.1, 0.15) is 34.1 Å². The summed E-state index contributed by atoms with van der Waals surface area (Å²) in [4.78, 5) is 4.89. The van der Waals surface area contributed by atoms with Crippen LogP contribution in [0.25, 0.3) is 0 Å². The summed E-state index contributed by atoms with van der Waals surface area (Å²) in [5.74, 6) is 0. The molecular formula is C16H24Cl2N2. The molecule has 112 valence electrons. The first-order valence-electron chi connectivity index (χ1n) is 7.07. The molecule has 1 aliphatic heterocycles. The Hall–Kier alpha value is -0.440. The zero-order valence-corrected chi connectivity index (χ0v) is 14.5. The Bertz CT molecular complexity index is 497. The highest BCUT2D eigenvalue weighted by Crippen LogP contribution is 2.34. The van der Waals surface area contributed by atoms with Crippen LogP contribution in [0.4, 0.5) is 5.69 Å². The number of nitrogens with zero attached hydrogens (tertiary/aromatic N) is 2. The van der Waals surface area contributed by atoms with E-state index in [1.807, 2.05) is 12.1 Å². The van der Waals surface area contributed by atoms with E-state index in [1.165, 1.54) is 0 Å². The van der Waals surface area contributed by atoms with Gasteiger partial charge in [0.1, 0.15) is 0 Å². The zero-order chi connectivity index (χ0) is 15.1. The van der Waals surface area contributed by atoms with E-state index < -0.39 is 0 Å². The molecule has 1 heterocycles. The van der Waals surface area contributed by atoms with Crippen molar-refractivity contribution in [3.05, 3.63) is 28.2 Å². The molecule has 1 saturated heterocycles. The van der Waals surface area contributed by atoms with Crippen molar-refractivity contribution >= 4 is 28.9 Å². The monoisotopic (exact) mass is 314 g/mol. The van der Waals surface area contributed by atoms with Gasteiger partial charge in [-0.3, -0.25) is 4.90 Å². The minimum Gasteiger partial charge on any atom is -0.370 e. The van der Waals surface area contributed by atoms with Gasteiger partial charge in [-0.15, -0.1) is 0 Å². The number of rotatable bonds is 1. The van der Waals surface area contributed by atoms with E-state index in [9.17, 15) is 0 Å². The highest BCUT2D eigenvalue weighted by atomic mass is 35.5. The summed E-state index contributed by atoms with van der Waals surface area (Å²) in [6.45, 7) is 11.2. The molecule has 2 nitrogen and oxygen atoms in total. The van der Waals surface area contributed by atoms with E-state index in [0.29, 0.717) is 10.0 Å². The van der Waals surface area contributed by atoms with E-state index in [4.69, 9.17) is 23.2 Å². The summed E-state index contributed by atoms with van der Waals surface area (Å²) in [5.41, 5.74) is 1.44. The van der Waals surface area contributed by atoms with Crippen LogP contribution in [0, 0.1) is 0 Å². The number of benzene rings is 1. The van der Waals surface area contributed by atoms with Crippen molar-refractivity contribution in [1.29, 1.82) is 0 Å². The van der Waals surface area contributed by atoms with Crippen molar-refractivity contribution < 1.29 is 0 Å². The van der Waals surface area contributed by atoms with Crippen LogP contribution < -0.4 is 4.90 Å². The molecule has 1 aliphatic rings. The fourth-order valence-electron chi connectivity index (χ4n) is 2.95. The minimum atomic E-state index is 0.103. The summed E-state index contributed by atoms with van der Waals surface area (Å²) >= 11 is 12.2. The third kappa shape index (κ3) is 3.08. The summed E-state index contributed by atoms with van der Waals surface area (Å²) in [5, 5.41) is 1.24. The van der Waals surface area contributed by atoms with Gasteiger partial charge in [-0.05, 0) is 59.4 Å². The Balaban J connectivity index is 2.32. The fraction of sp³-hybridized carbons (Fsp3) is 0.625. The highest BCUT2D eigenvalue weighted by molar-refractivity contribution is 6.42. The molecule has 0 aliphatic carbocycles. The second-order valence-electron chi connectivity index (χ2n) is 6.95. The largest absolute Gasteiger partial charge is 0.370 e. The number of hydrogen-bond donors (Lipinski definition) is 0. The van der Waals surface area contributed by atoms with Crippen molar-refractivity contribution in [2.24, 2.45) is 0 Å². The van der Waals surface area contributed by atoms with Crippen molar-refractivity contribution in [2.75, 3.05) is 25.0 Å². The first-order valence-corrected chi connectivity index (χ1v) is 7.83. The first kappa shape index (κ1) is 15.9. The van der Waals surface area contributed by atoms with Gasteiger partial charge in [-0.1, -0.05) is 23.2 Å². The van der Waals surface area contributed by atoms with Crippen LogP contribution in [-0.4, -0.2) is 36.1 Å². The zero-order valence-electron chi connectivity index (χ0n) is 13.0. The van der Waals surface area contributed by atoms with E-state index in [2.05, 4.69) is 50.6 Å². The molecule has 1 fully saturated rings. The van der Waals surface area contributed by atoms with Crippen molar-refractivity contribution in [2.45, 2.75) is 45.2 Å². The average Bonchev–Trinajstić information content (AvgIpc) is 2.43. The third-order valence-corrected chi connectivity index (χ3v) is 5.39. The molecular weight excluding hydrogens is 291 g/mol. The predicted molar refractivity (Wildman–Crippen MR) is 89.2 cm³/mol. The van der Waals surface area contributed by atoms with Gasteiger partial charge >= 0.3 is 0 Å². The lowest BCUT2D eigenvalue weighted by Gasteiger charge is -2.44. The summed E-state index contributed by atoms with van der Waals surface area (Å²) < 4.78 is 0. The smallest absolute Gasteiger partial charge is 0.0612 e. The van der Waals surface area contributed by atoms with Gasteiger partial charge in [0.2, 0.25) is 0 Å². The molecule has 0 bridgehead atoms. The number of anilines is 1. The second-order valence-corrected chi connectivity index (χ2v) is 7.77. The maximum atomic E-state index is 6.16. The molecule has 0 unspecified atom stereocenters. The standard InChI is InChI=1S/C16H24Cl2N2/c1-15(2)8-9-20(11-16(3,4)19(15)5)12-6-7-13(17)14(18)10-12/h6-7,10H,8-9,11H2,1-5H3. The molecule has 20 heavy (non-hydrogen) atoms.